The Morgan fingerprint density at radius 3 is 2.40 bits per heavy atom. The van der Waals surface area contributed by atoms with Crippen molar-refractivity contribution in [1.82, 2.24) is 15.0 Å². The van der Waals surface area contributed by atoms with Crippen molar-refractivity contribution in [3.63, 3.8) is 0 Å². The van der Waals surface area contributed by atoms with Gasteiger partial charge in [-0.1, -0.05) is 29.9 Å². The predicted octanol–water partition coefficient (Wildman–Crippen LogP) is 6.14. The van der Waals surface area contributed by atoms with Gasteiger partial charge in [0.2, 0.25) is 5.88 Å². The van der Waals surface area contributed by atoms with E-state index >= 15 is 0 Å². The molecule has 1 saturated carbocycles. The summed E-state index contributed by atoms with van der Waals surface area (Å²) in [6, 6.07) is 15.7. The number of ether oxygens (including phenoxy) is 1. The van der Waals surface area contributed by atoms with E-state index in [1.807, 2.05) is 42.5 Å². The highest BCUT2D eigenvalue weighted by atomic mass is 32.1. The number of Topliss-reactive ketones (excluding diaryl/α,β-unsaturated/α-hetero) is 1. The molecule has 1 aliphatic rings. The van der Waals surface area contributed by atoms with E-state index in [1.54, 1.807) is 29.9 Å². The average molecular weight is 419 g/mol. The third-order valence-electron chi connectivity index (χ3n) is 4.57. The molecule has 0 radical (unpaired) electrons. The Hall–Kier alpha value is -3.32. The number of nitrogens with one attached hydrogen (secondary N) is 1. The van der Waals surface area contributed by atoms with Crippen LogP contribution in [0, 0.1) is 0 Å². The number of carbonyl (C=O) groups is 1. The van der Waals surface area contributed by atoms with Crippen molar-refractivity contribution in [2.24, 2.45) is 0 Å². The standard InChI is InChI=1S/C17H12N4OS.C6H10O/c1-2-4-15-14(3-1)21-17(23-15)20-12-5-7-13(8-6-12)22-16-11-18-9-10-19-16;7-6-4-2-1-3-5-6/h1-11H,(H,20,21);1-5H2. The maximum atomic E-state index is 10.5. The number of thiazole rings is 1. The van der Waals surface area contributed by atoms with Gasteiger partial charge in [-0.2, -0.15) is 0 Å². The lowest BCUT2D eigenvalue weighted by Crippen LogP contribution is -2.02. The number of carbonyl (C=O) groups excluding carboxylic acids is 1. The van der Waals surface area contributed by atoms with Gasteiger partial charge in [0.25, 0.3) is 0 Å². The Bertz CT molecular complexity index is 1060. The number of hydrogen-bond acceptors (Lipinski definition) is 7. The molecule has 6 nitrogen and oxygen atoms in total. The Kier molecular flexibility index (Phi) is 6.61. The SMILES string of the molecule is O=C1CCCCC1.c1ccc2sc(Nc3ccc(Oc4cnccn4)cc3)nc2c1. The van der Waals surface area contributed by atoms with Gasteiger partial charge in [-0.15, -0.1) is 0 Å². The van der Waals surface area contributed by atoms with Gasteiger partial charge < -0.3 is 10.1 Å². The molecular weight excluding hydrogens is 396 g/mol. The van der Waals surface area contributed by atoms with Crippen LogP contribution in [-0.2, 0) is 4.79 Å². The van der Waals surface area contributed by atoms with Crippen LogP contribution in [0.5, 0.6) is 11.6 Å². The first-order valence-corrected chi connectivity index (χ1v) is 10.8. The molecule has 152 valence electrons. The van der Waals surface area contributed by atoms with Gasteiger partial charge in [0.1, 0.15) is 11.5 Å². The van der Waals surface area contributed by atoms with Crippen molar-refractivity contribution in [3.05, 3.63) is 67.1 Å². The lowest BCUT2D eigenvalue weighted by molar-refractivity contribution is -0.120. The van der Waals surface area contributed by atoms with Gasteiger partial charge in [-0.3, -0.25) is 9.78 Å². The van der Waals surface area contributed by atoms with Crippen LogP contribution in [0.2, 0.25) is 0 Å². The summed E-state index contributed by atoms with van der Waals surface area (Å²) in [5.74, 6) is 1.64. The molecule has 1 aliphatic carbocycles. The number of para-hydroxylation sites is 1. The number of fused-ring (bicyclic) bond motifs is 1. The first-order chi connectivity index (χ1) is 14.8. The van der Waals surface area contributed by atoms with E-state index < -0.39 is 0 Å². The molecule has 2 aromatic heterocycles. The monoisotopic (exact) mass is 418 g/mol. The van der Waals surface area contributed by atoms with Gasteiger partial charge in [-0.25, -0.2) is 9.97 Å². The zero-order valence-corrected chi connectivity index (χ0v) is 17.3. The summed E-state index contributed by atoms with van der Waals surface area (Å²) in [5, 5.41) is 4.18. The molecule has 4 aromatic rings. The third-order valence-corrected chi connectivity index (χ3v) is 5.52. The molecule has 0 spiro atoms. The average Bonchev–Trinajstić information content (AvgIpc) is 3.19. The second-order valence-corrected chi connectivity index (χ2v) is 7.91. The minimum Gasteiger partial charge on any atom is -0.438 e. The number of hydrogen-bond donors (Lipinski definition) is 1. The molecule has 1 fully saturated rings. The van der Waals surface area contributed by atoms with Gasteiger partial charge in [0, 0.05) is 30.9 Å². The highest BCUT2D eigenvalue weighted by Gasteiger charge is 2.06. The molecule has 7 heteroatoms. The van der Waals surface area contributed by atoms with Crippen molar-refractivity contribution in [2.75, 3.05) is 5.32 Å². The van der Waals surface area contributed by atoms with E-state index in [0.717, 1.165) is 46.7 Å². The van der Waals surface area contributed by atoms with Crippen LogP contribution in [0.1, 0.15) is 32.1 Å². The van der Waals surface area contributed by atoms with E-state index in [1.165, 1.54) is 6.42 Å². The summed E-state index contributed by atoms with van der Waals surface area (Å²) < 4.78 is 6.78. The minimum atomic E-state index is 0.464. The smallest absolute Gasteiger partial charge is 0.237 e. The second-order valence-electron chi connectivity index (χ2n) is 6.88. The largest absolute Gasteiger partial charge is 0.438 e. The summed E-state index contributed by atoms with van der Waals surface area (Å²) in [7, 11) is 0. The van der Waals surface area contributed by atoms with E-state index in [2.05, 4.69) is 26.3 Å². The Labute approximate surface area is 179 Å². The summed E-state index contributed by atoms with van der Waals surface area (Å²) in [6.07, 6.45) is 10.0. The number of nitrogens with zero attached hydrogens (tertiary/aromatic N) is 3. The summed E-state index contributed by atoms with van der Waals surface area (Å²) in [5.41, 5.74) is 1.96. The number of ketones is 1. The van der Waals surface area contributed by atoms with Crippen LogP contribution < -0.4 is 10.1 Å². The fourth-order valence-electron chi connectivity index (χ4n) is 3.06. The molecule has 5 rings (SSSR count). The molecule has 2 aromatic carbocycles. The quantitative estimate of drug-likeness (QED) is 0.429. The molecule has 0 aliphatic heterocycles. The van der Waals surface area contributed by atoms with Gasteiger partial charge in [0.15, 0.2) is 5.13 Å². The molecular formula is C23H22N4O2S. The number of rotatable bonds is 4. The lowest BCUT2D eigenvalue weighted by atomic mass is 10.00. The number of benzene rings is 2. The van der Waals surface area contributed by atoms with Crippen LogP contribution in [0.4, 0.5) is 10.8 Å². The fourth-order valence-corrected chi connectivity index (χ4v) is 3.95. The van der Waals surface area contributed by atoms with Crippen LogP contribution in [0.3, 0.4) is 0 Å². The topological polar surface area (TPSA) is 77.0 Å². The number of aromatic nitrogens is 3. The Morgan fingerprint density at radius 1 is 0.933 bits per heavy atom. The molecule has 0 amide bonds. The second kappa shape index (κ2) is 9.93. The highest BCUT2D eigenvalue weighted by molar-refractivity contribution is 7.22. The first-order valence-electron chi connectivity index (χ1n) is 9.94. The Morgan fingerprint density at radius 2 is 1.73 bits per heavy atom. The van der Waals surface area contributed by atoms with Crippen LogP contribution in [0.25, 0.3) is 10.2 Å². The lowest BCUT2D eigenvalue weighted by Gasteiger charge is -2.06. The molecule has 0 unspecified atom stereocenters. The van der Waals surface area contributed by atoms with E-state index in [9.17, 15) is 4.79 Å². The van der Waals surface area contributed by atoms with Crippen molar-refractivity contribution in [1.29, 1.82) is 0 Å². The van der Waals surface area contributed by atoms with Gasteiger partial charge >= 0.3 is 0 Å². The molecule has 30 heavy (non-hydrogen) atoms. The van der Waals surface area contributed by atoms with Crippen LogP contribution >= 0.6 is 11.3 Å². The third kappa shape index (κ3) is 5.61. The predicted molar refractivity (Wildman–Crippen MR) is 120 cm³/mol. The zero-order valence-electron chi connectivity index (χ0n) is 16.5. The van der Waals surface area contributed by atoms with Crippen molar-refractivity contribution in [3.8, 4) is 11.6 Å². The van der Waals surface area contributed by atoms with Gasteiger partial charge in [-0.05, 0) is 49.2 Å². The first kappa shape index (κ1) is 20.0. The van der Waals surface area contributed by atoms with Crippen molar-refractivity contribution < 1.29 is 9.53 Å². The molecule has 0 saturated heterocycles. The fraction of sp³-hybridized carbons (Fsp3) is 0.217. The van der Waals surface area contributed by atoms with Gasteiger partial charge in [0.05, 0.1) is 16.4 Å². The summed E-state index contributed by atoms with van der Waals surface area (Å²) in [6.45, 7) is 0. The molecule has 0 bridgehead atoms. The van der Waals surface area contributed by atoms with E-state index in [0.29, 0.717) is 17.4 Å². The van der Waals surface area contributed by atoms with Crippen LogP contribution in [-0.4, -0.2) is 20.7 Å². The minimum absolute atomic E-state index is 0.464. The summed E-state index contributed by atoms with van der Waals surface area (Å²) in [4.78, 5) is 23.1. The normalized spacial score (nSPS) is 13.4. The van der Waals surface area contributed by atoms with Crippen LogP contribution in [0.15, 0.2) is 67.1 Å². The Balaban J connectivity index is 0.000000265. The zero-order chi connectivity index (χ0) is 20.6. The highest BCUT2D eigenvalue weighted by Crippen LogP contribution is 2.29. The number of anilines is 2. The van der Waals surface area contributed by atoms with Crippen molar-refractivity contribution in [2.45, 2.75) is 32.1 Å². The van der Waals surface area contributed by atoms with E-state index in [-0.39, 0.29) is 0 Å². The molecule has 1 N–H and O–H groups in total. The van der Waals surface area contributed by atoms with Crippen molar-refractivity contribution >= 4 is 38.2 Å². The molecule has 0 atom stereocenters. The van der Waals surface area contributed by atoms with E-state index in [4.69, 9.17) is 4.74 Å². The summed E-state index contributed by atoms with van der Waals surface area (Å²) >= 11 is 1.63. The molecule has 2 heterocycles. The maximum Gasteiger partial charge on any atom is 0.237 e. The maximum absolute atomic E-state index is 10.5.